The highest BCUT2D eigenvalue weighted by atomic mass is 19.4. The van der Waals surface area contributed by atoms with Crippen LogP contribution < -0.4 is 4.74 Å². The van der Waals surface area contributed by atoms with Gasteiger partial charge in [-0.1, -0.05) is 35.5 Å². The van der Waals surface area contributed by atoms with E-state index >= 15 is 0 Å². The van der Waals surface area contributed by atoms with Gasteiger partial charge in [-0.2, -0.15) is 18.2 Å². The number of rotatable bonds is 8. The van der Waals surface area contributed by atoms with Crippen LogP contribution in [0.1, 0.15) is 29.9 Å². The van der Waals surface area contributed by atoms with Crippen molar-refractivity contribution in [3.8, 4) is 17.1 Å². The first kappa shape index (κ1) is 22.3. The van der Waals surface area contributed by atoms with E-state index in [4.69, 9.17) is 14.0 Å². The molecule has 2 heterocycles. The number of hydrogen-bond acceptors (Lipinski definition) is 6. The zero-order valence-electron chi connectivity index (χ0n) is 17.6. The summed E-state index contributed by atoms with van der Waals surface area (Å²) >= 11 is 0. The minimum absolute atomic E-state index is 0.107. The van der Waals surface area contributed by atoms with Gasteiger partial charge in [-0.25, -0.2) is 0 Å². The van der Waals surface area contributed by atoms with E-state index in [0.717, 1.165) is 42.9 Å². The second kappa shape index (κ2) is 9.70. The molecule has 1 saturated heterocycles. The largest absolute Gasteiger partial charge is 0.496 e. The zero-order valence-corrected chi connectivity index (χ0v) is 17.6. The monoisotopic (exact) mass is 447 g/mol. The number of benzene rings is 2. The third-order valence-corrected chi connectivity index (χ3v) is 5.35. The van der Waals surface area contributed by atoms with E-state index in [1.165, 1.54) is 12.1 Å². The molecule has 1 aliphatic rings. The number of methoxy groups -OCH3 is 1. The van der Waals surface area contributed by atoms with Crippen LogP contribution >= 0.6 is 0 Å². The molecule has 1 aromatic heterocycles. The molecule has 0 saturated carbocycles. The molecule has 6 nitrogen and oxygen atoms in total. The van der Waals surface area contributed by atoms with Gasteiger partial charge in [-0.05, 0) is 31.0 Å². The van der Waals surface area contributed by atoms with Crippen molar-refractivity contribution < 1.29 is 27.2 Å². The number of aromatic nitrogens is 2. The molecule has 0 aliphatic carbocycles. The Bertz CT molecular complexity index is 1030. The molecular formula is C23H24F3N3O3. The lowest BCUT2D eigenvalue weighted by Gasteiger charge is -2.24. The molecule has 0 bridgehead atoms. The molecular weight excluding hydrogens is 423 g/mol. The molecule has 0 amide bonds. The molecule has 2 aromatic carbocycles. The average molecular weight is 447 g/mol. The van der Waals surface area contributed by atoms with Crippen LogP contribution in [0.4, 0.5) is 13.2 Å². The number of halogens is 3. The van der Waals surface area contributed by atoms with Gasteiger partial charge in [-0.3, -0.25) is 4.90 Å². The molecule has 0 spiro atoms. The van der Waals surface area contributed by atoms with E-state index in [1.54, 1.807) is 7.11 Å². The van der Waals surface area contributed by atoms with Crippen LogP contribution in [-0.4, -0.2) is 41.4 Å². The fourth-order valence-electron chi connectivity index (χ4n) is 3.80. The van der Waals surface area contributed by atoms with Crippen LogP contribution in [0.2, 0.25) is 0 Å². The van der Waals surface area contributed by atoms with Gasteiger partial charge in [0.2, 0.25) is 11.7 Å². The quantitative estimate of drug-likeness (QED) is 0.487. The zero-order chi connectivity index (χ0) is 22.6. The standard InChI is InChI=1S/C23H24F3N3O3/c1-30-20-10-3-2-6-17(20)13-29(14-19-9-5-11-31-19)15-21-27-22(28-32-21)16-7-4-8-18(12-16)23(24,25)26/h2-4,6-8,10,12,19H,5,9,11,13-15H2,1H3. The SMILES string of the molecule is COc1ccccc1CN(Cc1nc(-c2cccc(C(F)(F)F)c2)no1)CC1CCCO1. The fraction of sp³-hybridized carbons (Fsp3) is 0.391. The van der Waals surface area contributed by atoms with Gasteiger partial charge in [0.15, 0.2) is 0 Å². The number of hydrogen-bond donors (Lipinski definition) is 0. The maximum Gasteiger partial charge on any atom is 0.416 e. The summed E-state index contributed by atoms with van der Waals surface area (Å²) in [5.74, 6) is 1.23. The van der Waals surface area contributed by atoms with Gasteiger partial charge in [0.05, 0.1) is 25.3 Å². The predicted octanol–water partition coefficient (Wildman–Crippen LogP) is 4.95. The van der Waals surface area contributed by atoms with Gasteiger partial charge in [0.25, 0.3) is 0 Å². The summed E-state index contributed by atoms with van der Waals surface area (Å²) in [5, 5.41) is 3.90. The molecule has 170 valence electrons. The van der Waals surface area contributed by atoms with Gasteiger partial charge < -0.3 is 14.0 Å². The van der Waals surface area contributed by atoms with Crippen LogP contribution in [0.3, 0.4) is 0 Å². The summed E-state index contributed by atoms with van der Waals surface area (Å²) in [7, 11) is 1.63. The van der Waals surface area contributed by atoms with Gasteiger partial charge in [-0.15, -0.1) is 0 Å². The highest BCUT2D eigenvalue weighted by Gasteiger charge is 2.31. The third kappa shape index (κ3) is 5.46. The fourth-order valence-corrected chi connectivity index (χ4v) is 3.80. The highest BCUT2D eigenvalue weighted by Crippen LogP contribution is 2.31. The molecule has 1 fully saturated rings. The smallest absolute Gasteiger partial charge is 0.416 e. The summed E-state index contributed by atoms with van der Waals surface area (Å²) in [4.78, 5) is 6.47. The van der Waals surface area contributed by atoms with E-state index in [1.807, 2.05) is 24.3 Å². The predicted molar refractivity (Wildman–Crippen MR) is 111 cm³/mol. The number of ether oxygens (including phenoxy) is 2. The van der Waals surface area contributed by atoms with Crippen molar-refractivity contribution in [2.75, 3.05) is 20.3 Å². The van der Waals surface area contributed by atoms with Crippen molar-refractivity contribution in [1.82, 2.24) is 15.0 Å². The van der Waals surface area contributed by atoms with Crippen LogP contribution in [0, 0.1) is 0 Å². The van der Waals surface area contributed by atoms with Crippen molar-refractivity contribution in [1.29, 1.82) is 0 Å². The summed E-state index contributed by atoms with van der Waals surface area (Å²) in [6.07, 6.45) is -2.33. The minimum Gasteiger partial charge on any atom is -0.496 e. The summed E-state index contributed by atoms with van der Waals surface area (Å²) in [6, 6.07) is 12.6. The molecule has 1 unspecified atom stereocenters. The van der Waals surface area contributed by atoms with Crippen molar-refractivity contribution in [3.05, 3.63) is 65.5 Å². The van der Waals surface area contributed by atoms with E-state index in [2.05, 4.69) is 15.0 Å². The maximum absolute atomic E-state index is 13.0. The second-order valence-corrected chi connectivity index (χ2v) is 7.71. The van der Waals surface area contributed by atoms with Crippen LogP contribution in [0.15, 0.2) is 53.1 Å². The molecule has 4 rings (SSSR count). The third-order valence-electron chi connectivity index (χ3n) is 5.35. The lowest BCUT2D eigenvalue weighted by atomic mass is 10.1. The second-order valence-electron chi connectivity index (χ2n) is 7.71. The Balaban J connectivity index is 1.53. The maximum atomic E-state index is 13.0. The van der Waals surface area contributed by atoms with Crippen LogP contribution in [0.5, 0.6) is 5.75 Å². The van der Waals surface area contributed by atoms with Crippen molar-refractivity contribution >= 4 is 0 Å². The van der Waals surface area contributed by atoms with E-state index in [0.29, 0.717) is 25.5 Å². The van der Waals surface area contributed by atoms with Crippen molar-refractivity contribution in [2.24, 2.45) is 0 Å². The lowest BCUT2D eigenvalue weighted by molar-refractivity contribution is -0.137. The van der Waals surface area contributed by atoms with Crippen LogP contribution in [-0.2, 0) is 24.0 Å². The van der Waals surface area contributed by atoms with Gasteiger partial charge in [0, 0.05) is 30.8 Å². The first-order valence-corrected chi connectivity index (χ1v) is 10.4. The number of para-hydroxylation sites is 1. The summed E-state index contributed by atoms with van der Waals surface area (Å²) in [6.45, 7) is 2.32. The summed E-state index contributed by atoms with van der Waals surface area (Å²) in [5.41, 5.74) is 0.508. The Kier molecular flexibility index (Phi) is 6.76. The van der Waals surface area contributed by atoms with E-state index in [-0.39, 0.29) is 17.5 Å². The molecule has 32 heavy (non-hydrogen) atoms. The Labute approximate surface area is 183 Å². The average Bonchev–Trinajstić information content (AvgIpc) is 3.46. The Morgan fingerprint density at radius 3 is 2.72 bits per heavy atom. The van der Waals surface area contributed by atoms with Gasteiger partial charge >= 0.3 is 6.18 Å². The Hall–Kier alpha value is -2.91. The lowest BCUT2D eigenvalue weighted by Crippen LogP contribution is -2.31. The Morgan fingerprint density at radius 2 is 1.97 bits per heavy atom. The molecule has 3 aromatic rings. The topological polar surface area (TPSA) is 60.6 Å². The van der Waals surface area contributed by atoms with Gasteiger partial charge in [0.1, 0.15) is 5.75 Å². The summed E-state index contributed by atoms with van der Waals surface area (Å²) < 4.78 is 55.7. The normalized spacial score (nSPS) is 16.6. The Morgan fingerprint density at radius 1 is 1.12 bits per heavy atom. The van der Waals surface area contributed by atoms with Crippen molar-refractivity contribution in [2.45, 2.75) is 38.2 Å². The number of nitrogens with zero attached hydrogens (tertiary/aromatic N) is 3. The first-order valence-electron chi connectivity index (χ1n) is 10.4. The van der Waals surface area contributed by atoms with Crippen molar-refractivity contribution in [3.63, 3.8) is 0 Å². The van der Waals surface area contributed by atoms with Crippen LogP contribution in [0.25, 0.3) is 11.4 Å². The minimum atomic E-state index is -4.44. The van der Waals surface area contributed by atoms with E-state index < -0.39 is 11.7 Å². The molecule has 0 N–H and O–H groups in total. The number of alkyl halides is 3. The molecule has 0 radical (unpaired) electrons. The van der Waals surface area contributed by atoms with E-state index in [9.17, 15) is 13.2 Å². The first-order chi connectivity index (χ1) is 15.4. The molecule has 1 aliphatic heterocycles. The molecule has 1 atom stereocenters. The highest BCUT2D eigenvalue weighted by molar-refractivity contribution is 5.55. The molecule has 9 heteroatoms.